The summed E-state index contributed by atoms with van der Waals surface area (Å²) >= 11 is 0. The Labute approximate surface area is 147 Å². The molecule has 0 aliphatic carbocycles. The summed E-state index contributed by atoms with van der Waals surface area (Å²) in [6.45, 7) is 4.25. The van der Waals surface area contributed by atoms with Gasteiger partial charge in [0.25, 0.3) is 5.69 Å². The van der Waals surface area contributed by atoms with Crippen LogP contribution in [-0.4, -0.2) is 41.4 Å². The third-order valence-electron chi connectivity index (χ3n) is 3.94. The lowest BCUT2D eigenvalue weighted by molar-refractivity contribution is -0.385. The number of nitrogens with one attached hydrogen (secondary N) is 3. The lowest BCUT2D eigenvalue weighted by Gasteiger charge is -2.21. The van der Waals surface area contributed by atoms with Crippen molar-refractivity contribution in [3.8, 4) is 0 Å². The number of halogens is 1. The maximum Gasteiger partial charge on any atom is 0.287 e. The first-order chi connectivity index (χ1) is 11.1. The molecule has 5 N–H and O–H groups in total. The van der Waals surface area contributed by atoms with Gasteiger partial charge in [0.2, 0.25) is 0 Å². The molecule has 0 radical (unpaired) electrons. The summed E-state index contributed by atoms with van der Waals surface area (Å²) in [6, 6.07) is 3.41. The molecule has 1 aliphatic heterocycles. The van der Waals surface area contributed by atoms with Gasteiger partial charge in [0.15, 0.2) is 0 Å². The van der Waals surface area contributed by atoms with E-state index in [1.807, 2.05) is 0 Å². The summed E-state index contributed by atoms with van der Waals surface area (Å²) in [4.78, 5) is 18.6. The minimum Gasteiger partial charge on any atom is -0.368 e. The summed E-state index contributed by atoms with van der Waals surface area (Å²) < 4.78 is 0. The second-order valence-electron chi connectivity index (χ2n) is 5.49. The zero-order valence-electron chi connectivity index (χ0n) is 13.6. The van der Waals surface area contributed by atoms with Gasteiger partial charge in [0.05, 0.1) is 11.5 Å². The van der Waals surface area contributed by atoms with E-state index < -0.39 is 4.92 Å². The lowest BCUT2D eigenvalue weighted by atomic mass is 9.99. The number of rotatable bonds is 7. The van der Waals surface area contributed by atoms with Gasteiger partial charge in [-0.2, -0.15) is 0 Å². The van der Waals surface area contributed by atoms with Gasteiger partial charge in [0.1, 0.15) is 17.9 Å². The van der Waals surface area contributed by atoms with Gasteiger partial charge in [-0.05, 0) is 25.5 Å². The Morgan fingerprint density at radius 1 is 1.62 bits per heavy atom. The molecule has 1 aromatic heterocycles. The molecule has 2 atom stereocenters. The van der Waals surface area contributed by atoms with E-state index in [1.165, 1.54) is 18.7 Å². The molecule has 24 heavy (non-hydrogen) atoms. The van der Waals surface area contributed by atoms with E-state index in [0.29, 0.717) is 24.9 Å². The fourth-order valence-corrected chi connectivity index (χ4v) is 2.61. The third kappa shape index (κ3) is 5.59. The zero-order chi connectivity index (χ0) is 16.7. The van der Waals surface area contributed by atoms with E-state index in [4.69, 9.17) is 5.84 Å². The Bertz CT molecular complexity index is 547. The SMILES string of the molecule is CC(C(=NCCNc1ccc([N+](=O)[O-])cn1)NN)C1CCCN1.Cl. The first-order valence-electron chi connectivity index (χ1n) is 7.70. The van der Waals surface area contributed by atoms with Crippen molar-refractivity contribution in [3.05, 3.63) is 28.4 Å². The smallest absolute Gasteiger partial charge is 0.287 e. The molecule has 0 bridgehead atoms. The van der Waals surface area contributed by atoms with Gasteiger partial charge in [-0.3, -0.25) is 15.1 Å². The number of nitrogens with zero attached hydrogens (tertiary/aromatic N) is 3. The van der Waals surface area contributed by atoms with Gasteiger partial charge in [-0.1, -0.05) is 6.92 Å². The van der Waals surface area contributed by atoms with Crippen LogP contribution in [0.1, 0.15) is 19.8 Å². The van der Waals surface area contributed by atoms with Crippen molar-refractivity contribution in [1.82, 2.24) is 15.7 Å². The number of pyridine rings is 1. The Balaban J connectivity index is 0.00000288. The van der Waals surface area contributed by atoms with Crippen LogP contribution < -0.4 is 21.9 Å². The molecule has 10 heteroatoms. The first kappa shape index (κ1) is 20.1. The number of nitro groups is 1. The number of hydrazine groups is 1. The number of hydrogen-bond acceptors (Lipinski definition) is 7. The van der Waals surface area contributed by atoms with Crippen molar-refractivity contribution in [2.24, 2.45) is 16.8 Å². The number of hydrogen-bond donors (Lipinski definition) is 4. The number of amidine groups is 1. The van der Waals surface area contributed by atoms with E-state index in [2.05, 4.69) is 33.0 Å². The Morgan fingerprint density at radius 2 is 2.42 bits per heavy atom. The largest absolute Gasteiger partial charge is 0.368 e. The van der Waals surface area contributed by atoms with Crippen LogP contribution in [0.2, 0.25) is 0 Å². The van der Waals surface area contributed by atoms with E-state index in [1.54, 1.807) is 6.07 Å². The molecule has 9 nitrogen and oxygen atoms in total. The van der Waals surface area contributed by atoms with E-state index >= 15 is 0 Å². The number of aliphatic imine (C=N–C) groups is 1. The summed E-state index contributed by atoms with van der Waals surface area (Å²) in [5.41, 5.74) is 2.66. The normalized spacial score (nSPS) is 18.6. The highest BCUT2D eigenvalue weighted by Gasteiger charge is 2.24. The van der Waals surface area contributed by atoms with Crippen molar-refractivity contribution >= 4 is 29.7 Å². The Morgan fingerprint density at radius 3 is 2.96 bits per heavy atom. The molecule has 134 valence electrons. The van der Waals surface area contributed by atoms with Gasteiger partial charge >= 0.3 is 0 Å². The van der Waals surface area contributed by atoms with E-state index in [0.717, 1.165) is 18.8 Å². The highest BCUT2D eigenvalue weighted by Crippen LogP contribution is 2.15. The minimum atomic E-state index is -0.473. The summed E-state index contributed by atoms with van der Waals surface area (Å²) in [5.74, 6) is 7.17. The van der Waals surface area contributed by atoms with Crippen LogP contribution in [0.4, 0.5) is 11.5 Å². The van der Waals surface area contributed by atoms with Crippen LogP contribution in [-0.2, 0) is 0 Å². The summed E-state index contributed by atoms with van der Waals surface area (Å²) in [6.07, 6.45) is 3.54. The van der Waals surface area contributed by atoms with Crippen molar-refractivity contribution in [1.29, 1.82) is 0 Å². The van der Waals surface area contributed by atoms with E-state index in [-0.39, 0.29) is 24.0 Å². The first-order valence-corrected chi connectivity index (χ1v) is 7.70. The molecular formula is C14H24ClN7O2. The van der Waals surface area contributed by atoms with Crippen LogP contribution in [0.3, 0.4) is 0 Å². The second-order valence-corrected chi connectivity index (χ2v) is 5.49. The molecule has 0 spiro atoms. The Hall–Kier alpha value is -1.97. The zero-order valence-corrected chi connectivity index (χ0v) is 14.4. The van der Waals surface area contributed by atoms with Gasteiger partial charge < -0.3 is 16.1 Å². The highest BCUT2D eigenvalue weighted by atomic mass is 35.5. The molecule has 0 aromatic carbocycles. The van der Waals surface area contributed by atoms with Crippen LogP contribution in [0.5, 0.6) is 0 Å². The monoisotopic (exact) mass is 357 g/mol. The quantitative estimate of drug-likeness (QED) is 0.143. The maximum absolute atomic E-state index is 10.6. The summed E-state index contributed by atoms with van der Waals surface area (Å²) in [7, 11) is 0. The van der Waals surface area contributed by atoms with E-state index in [9.17, 15) is 10.1 Å². The average Bonchev–Trinajstić information content (AvgIpc) is 3.09. The number of aromatic nitrogens is 1. The third-order valence-corrected chi connectivity index (χ3v) is 3.94. The molecule has 1 fully saturated rings. The molecule has 0 amide bonds. The van der Waals surface area contributed by atoms with Gasteiger partial charge in [0, 0.05) is 24.6 Å². The maximum atomic E-state index is 10.6. The van der Waals surface area contributed by atoms with Crippen LogP contribution in [0.15, 0.2) is 23.3 Å². The summed E-state index contributed by atoms with van der Waals surface area (Å²) in [5, 5.41) is 17.1. The van der Waals surface area contributed by atoms with Crippen molar-refractivity contribution in [2.75, 3.05) is 25.0 Å². The molecule has 1 saturated heterocycles. The van der Waals surface area contributed by atoms with Gasteiger partial charge in [-0.25, -0.2) is 10.8 Å². The van der Waals surface area contributed by atoms with Crippen molar-refractivity contribution < 1.29 is 4.92 Å². The molecule has 1 aromatic rings. The van der Waals surface area contributed by atoms with Crippen molar-refractivity contribution in [3.63, 3.8) is 0 Å². The van der Waals surface area contributed by atoms with Gasteiger partial charge in [-0.15, -0.1) is 12.4 Å². The molecular weight excluding hydrogens is 334 g/mol. The molecule has 0 saturated carbocycles. The minimum absolute atomic E-state index is 0. The van der Waals surface area contributed by atoms with Crippen molar-refractivity contribution in [2.45, 2.75) is 25.8 Å². The standard InChI is InChI=1S/C14H23N7O2.ClH/c1-10(12-3-2-6-16-12)14(20-15)18-8-7-17-13-5-4-11(9-19-13)21(22)23;/h4-5,9-10,12,16H,2-3,6-8,15H2,1H3,(H,17,19)(H,18,20);1H. The molecule has 2 unspecified atom stereocenters. The topological polar surface area (TPSA) is 130 Å². The average molecular weight is 358 g/mol. The predicted molar refractivity (Wildman–Crippen MR) is 96.4 cm³/mol. The van der Waals surface area contributed by atoms with Crippen LogP contribution in [0.25, 0.3) is 0 Å². The Kier molecular flexibility index (Phi) is 8.37. The fourth-order valence-electron chi connectivity index (χ4n) is 2.61. The van der Waals surface area contributed by atoms with Crippen LogP contribution >= 0.6 is 12.4 Å². The molecule has 2 heterocycles. The highest BCUT2D eigenvalue weighted by molar-refractivity contribution is 5.85. The predicted octanol–water partition coefficient (Wildman–Crippen LogP) is 1.07. The lowest BCUT2D eigenvalue weighted by Crippen LogP contribution is -2.43. The number of anilines is 1. The molecule has 1 aliphatic rings. The second kappa shape index (κ2) is 10.0. The molecule has 2 rings (SSSR count). The number of nitrogens with two attached hydrogens (primary N) is 1. The fraction of sp³-hybridized carbons (Fsp3) is 0.571. The van der Waals surface area contributed by atoms with Crippen LogP contribution in [0, 0.1) is 16.0 Å².